The van der Waals surface area contributed by atoms with E-state index in [1.807, 2.05) is 0 Å². The summed E-state index contributed by atoms with van der Waals surface area (Å²) in [7, 11) is 0. The first-order valence-electron chi connectivity index (χ1n) is 9.64. The van der Waals surface area contributed by atoms with Crippen LogP contribution in [0, 0.1) is 45.3 Å². The van der Waals surface area contributed by atoms with E-state index in [2.05, 4.69) is 107 Å². The van der Waals surface area contributed by atoms with Gasteiger partial charge in [0.25, 0.3) is 0 Å². The van der Waals surface area contributed by atoms with Crippen molar-refractivity contribution >= 4 is 0 Å². The molecule has 2 rings (SSSR count). The second-order valence-corrected chi connectivity index (χ2v) is 10.4. The molecule has 2 atom stereocenters. The van der Waals surface area contributed by atoms with Gasteiger partial charge in [-0.2, -0.15) is 0 Å². The Morgan fingerprint density at radius 3 is 1.04 bits per heavy atom. The summed E-state index contributed by atoms with van der Waals surface area (Å²) in [4.78, 5) is 0. The fourth-order valence-corrected chi connectivity index (χ4v) is 3.63. The number of allylic oxidation sites excluding steroid dienone is 4. The largest absolute Gasteiger partial charge is 2.00 e. The maximum absolute atomic E-state index is 2.37. The average molecular weight is 383 g/mol. The van der Waals surface area contributed by atoms with Crippen molar-refractivity contribution in [3.8, 4) is 0 Å². The normalized spacial score (nSPS) is 30.9. The van der Waals surface area contributed by atoms with Crippen LogP contribution in [0.3, 0.4) is 0 Å². The van der Waals surface area contributed by atoms with Crippen LogP contribution in [0.4, 0.5) is 0 Å². The van der Waals surface area contributed by atoms with Gasteiger partial charge in [-0.25, -0.2) is 36.1 Å². The summed E-state index contributed by atoms with van der Waals surface area (Å²) < 4.78 is 0. The molecule has 0 spiro atoms. The second kappa shape index (κ2) is 7.78. The molecule has 2 aliphatic rings. The van der Waals surface area contributed by atoms with Crippen LogP contribution in [-0.2, 0) is 17.4 Å². The van der Waals surface area contributed by atoms with Crippen LogP contribution in [-0.4, -0.2) is 0 Å². The zero-order valence-electron chi connectivity index (χ0n) is 18.9. The monoisotopic (exact) mass is 382 g/mol. The summed E-state index contributed by atoms with van der Waals surface area (Å²) in [6.45, 7) is 28.0. The molecule has 144 valence electrons. The Morgan fingerprint density at radius 2 is 0.840 bits per heavy atom. The Labute approximate surface area is 170 Å². The predicted molar refractivity (Wildman–Crippen MR) is 110 cm³/mol. The summed E-state index contributed by atoms with van der Waals surface area (Å²) in [5.41, 5.74) is 1.43. The van der Waals surface area contributed by atoms with Gasteiger partial charge < -0.3 is 0 Å². The Kier molecular flexibility index (Phi) is 7.70. The maximum atomic E-state index is 2.37. The Morgan fingerprint density at radius 1 is 0.600 bits per heavy atom. The molecule has 2 aliphatic carbocycles. The molecule has 0 aromatic carbocycles. The minimum absolute atomic E-state index is 0. The first-order valence-corrected chi connectivity index (χ1v) is 9.64. The molecular formula is C24H42Cr. The molecule has 1 heteroatoms. The molecule has 0 fully saturated rings. The van der Waals surface area contributed by atoms with E-state index >= 15 is 0 Å². The summed E-state index contributed by atoms with van der Waals surface area (Å²) in [5.74, 6) is 4.36. The van der Waals surface area contributed by atoms with Crippen molar-refractivity contribution in [2.75, 3.05) is 0 Å². The molecule has 0 saturated heterocycles. The van der Waals surface area contributed by atoms with Gasteiger partial charge in [0.05, 0.1) is 0 Å². The fourth-order valence-electron chi connectivity index (χ4n) is 3.63. The van der Waals surface area contributed by atoms with Crippen LogP contribution in [0.15, 0.2) is 24.3 Å². The van der Waals surface area contributed by atoms with Gasteiger partial charge in [0.2, 0.25) is 0 Å². The van der Waals surface area contributed by atoms with Gasteiger partial charge in [0.15, 0.2) is 0 Å². The first kappa shape index (κ1) is 24.8. The van der Waals surface area contributed by atoms with Crippen LogP contribution >= 0.6 is 0 Å². The molecular weight excluding hydrogens is 340 g/mol. The van der Waals surface area contributed by atoms with Crippen molar-refractivity contribution in [2.45, 2.75) is 83.1 Å². The standard InChI is InChI=1S/2C12H21.Cr/c2*1-9-7-8-10(2)12(5,6)11(9,3)4;/h2*7-9H,1-6H3;/q2*-1;+2. The number of hydrogen-bond donors (Lipinski definition) is 0. The van der Waals surface area contributed by atoms with Crippen molar-refractivity contribution in [3.63, 3.8) is 0 Å². The molecule has 0 saturated carbocycles. The van der Waals surface area contributed by atoms with Gasteiger partial charge in [0, 0.05) is 0 Å². The van der Waals surface area contributed by atoms with Crippen molar-refractivity contribution in [3.05, 3.63) is 36.1 Å². The minimum Gasteiger partial charge on any atom is -0.228 e. The smallest absolute Gasteiger partial charge is 0.228 e. The van der Waals surface area contributed by atoms with Gasteiger partial charge in [-0.1, -0.05) is 103 Å². The van der Waals surface area contributed by atoms with Crippen molar-refractivity contribution < 1.29 is 17.4 Å². The Bertz CT molecular complexity index is 400. The molecule has 0 bridgehead atoms. The molecule has 25 heavy (non-hydrogen) atoms. The minimum atomic E-state index is 0. The third-order valence-corrected chi connectivity index (χ3v) is 8.74. The topological polar surface area (TPSA) is 0 Å². The summed E-state index contributed by atoms with van der Waals surface area (Å²) in [6, 6.07) is 0. The van der Waals surface area contributed by atoms with Gasteiger partial charge in [0.1, 0.15) is 0 Å². The zero-order valence-corrected chi connectivity index (χ0v) is 20.1. The van der Waals surface area contributed by atoms with Crippen LogP contribution in [0.25, 0.3) is 0 Å². The van der Waals surface area contributed by atoms with E-state index in [4.69, 9.17) is 0 Å². The first-order chi connectivity index (χ1) is 10.6. The van der Waals surface area contributed by atoms with E-state index < -0.39 is 0 Å². The van der Waals surface area contributed by atoms with Crippen LogP contribution in [0.5, 0.6) is 0 Å². The van der Waals surface area contributed by atoms with Gasteiger partial charge >= 0.3 is 17.4 Å². The molecule has 0 N–H and O–H groups in total. The summed E-state index contributed by atoms with van der Waals surface area (Å²) in [6.07, 6.45) is 9.24. The average Bonchev–Trinajstić information content (AvgIpc) is 2.46. The SMILES string of the molecule is C[C-]1C=CC(C)C(C)(C)C1(C)C.C[C-]1C=CC(C)C(C)(C)C1(C)C.[Cr+2]. The summed E-state index contributed by atoms with van der Waals surface area (Å²) in [5, 5.41) is 0. The van der Waals surface area contributed by atoms with Gasteiger partial charge in [-0.3, -0.25) is 0 Å². The van der Waals surface area contributed by atoms with Crippen molar-refractivity contribution in [2.24, 2.45) is 33.5 Å². The van der Waals surface area contributed by atoms with Gasteiger partial charge in [-0.15, -0.1) is 13.8 Å². The van der Waals surface area contributed by atoms with E-state index in [9.17, 15) is 0 Å². The Balaban J connectivity index is 0.000000443. The maximum Gasteiger partial charge on any atom is 2.00 e. The molecule has 0 radical (unpaired) electrons. The molecule has 0 amide bonds. The molecule has 0 aliphatic heterocycles. The fraction of sp³-hybridized carbons (Fsp3) is 0.750. The van der Waals surface area contributed by atoms with Crippen LogP contribution < -0.4 is 0 Å². The van der Waals surface area contributed by atoms with Crippen LogP contribution in [0.1, 0.15) is 83.1 Å². The van der Waals surface area contributed by atoms with E-state index in [0.717, 1.165) is 0 Å². The number of rotatable bonds is 0. The van der Waals surface area contributed by atoms with Crippen LogP contribution in [0.2, 0.25) is 0 Å². The number of hydrogen-bond acceptors (Lipinski definition) is 0. The molecule has 0 nitrogen and oxygen atoms in total. The third-order valence-electron chi connectivity index (χ3n) is 8.74. The van der Waals surface area contributed by atoms with Crippen molar-refractivity contribution in [1.29, 1.82) is 0 Å². The summed E-state index contributed by atoms with van der Waals surface area (Å²) >= 11 is 0. The van der Waals surface area contributed by atoms with Crippen molar-refractivity contribution in [1.82, 2.24) is 0 Å². The second-order valence-electron chi connectivity index (χ2n) is 10.4. The Hall–Kier alpha value is -0.248. The van der Waals surface area contributed by atoms with E-state index in [1.54, 1.807) is 0 Å². The van der Waals surface area contributed by atoms with E-state index in [-0.39, 0.29) is 17.4 Å². The molecule has 2 unspecified atom stereocenters. The third kappa shape index (κ3) is 4.20. The predicted octanol–water partition coefficient (Wildman–Crippen LogP) is 7.68. The van der Waals surface area contributed by atoms with E-state index in [1.165, 1.54) is 11.8 Å². The van der Waals surface area contributed by atoms with Gasteiger partial charge in [-0.05, 0) is 0 Å². The molecule has 0 aromatic heterocycles. The van der Waals surface area contributed by atoms with E-state index in [0.29, 0.717) is 33.5 Å². The zero-order chi connectivity index (χ0) is 19.1. The molecule has 0 heterocycles. The quantitative estimate of drug-likeness (QED) is 0.377. The molecule has 0 aromatic rings.